The lowest BCUT2D eigenvalue weighted by Gasteiger charge is -2.33. The zero-order chi connectivity index (χ0) is 17.7. The quantitative estimate of drug-likeness (QED) is 0.802. The molecule has 1 aromatic carbocycles. The molecule has 3 N–H and O–H groups in total. The number of nitrogens with one attached hydrogen (secondary N) is 1. The van der Waals surface area contributed by atoms with Crippen LogP contribution in [0.5, 0.6) is 0 Å². The van der Waals surface area contributed by atoms with Crippen LogP contribution in [-0.4, -0.2) is 44.1 Å². The number of primary sulfonamides is 1. The fourth-order valence-electron chi connectivity index (χ4n) is 2.73. The highest BCUT2D eigenvalue weighted by Crippen LogP contribution is 2.19. The van der Waals surface area contributed by atoms with Gasteiger partial charge in [-0.3, -0.25) is 4.79 Å². The minimum absolute atomic E-state index is 0.0641. The van der Waals surface area contributed by atoms with Crippen LogP contribution in [-0.2, 0) is 14.8 Å². The van der Waals surface area contributed by atoms with Crippen molar-refractivity contribution < 1.29 is 22.0 Å². The number of piperidine rings is 1. The Morgan fingerprint density at radius 2 is 2.08 bits per heavy atom. The summed E-state index contributed by atoms with van der Waals surface area (Å²) >= 11 is 0. The highest BCUT2D eigenvalue weighted by Gasteiger charge is 2.23. The molecule has 1 amide bonds. The van der Waals surface area contributed by atoms with E-state index in [1.54, 1.807) is 4.90 Å². The van der Waals surface area contributed by atoms with E-state index >= 15 is 0 Å². The number of halogens is 2. The molecule has 1 atom stereocenters. The standard InChI is InChI=1S/C15H21F2N3O3S/c16-13-6-5-11(9-14(13)17)19-12-3-1-7-20(10-12)15(21)4-2-8-24(18,22)23/h5-6,9,12,19H,1-4,7-8,10H2,(H2,18,22,23)/t12-/m1/s1. The first-order chi connectivity index (χ1) is 11.2. The van der Waals surface area contributed by atoms with Gasteiger partial charge in [0.2, 0.25) is 15.9 Å². The second-order valence-electron chi connectivity index (χ2n) is 5.92. The van der Waals surface area contributed by atoms with Crippen molar-refractivity contribution in [2.24, 2.45) is 5.14 Å². The average Bonchev–Trinajstić information content (AvgIpc) is 2.50. The molecule has 1 fully saturated rings. The van der Waals surface area contributed by atoms with E-state index in [9.17, 15) is 22.0 Å². The maximum absolute atomic E-state index is 13.2. The fourth-order valence-corrected chi connectivity index (χ4v) is 3.27. The van der Waals surface area contributed by atoms with E-state index in [-0.39, 0.29) is 30.5 Å². The van der Waals surface area contributed by atoms with Gasteiger partial charge in [-0.2, -0.15) is 0 Å². The molecular formula is C15H21F2N3O3S. The second kappa shape index (κ2) is 7.89. The first-order valence-corrected chi connectivity index (χ1v) is 9.46. The molecular weight excluding hydrogens is 340 g/mol. The summed E-state index contributed by atoms with van der Waals surface area (Å²) in [5.41, 5.74) is 0.461. The smallest absolute Gasteiger partial charge is 0.222 e. The van der Waals surface area contributed by atoms with Gasteiger partial charge in [-0.1, -0.05) is 0 Å². The van der Waals surface area contributed by atoms with Crippen molar-refractivity contribution >= 4 is 21.6 Å². The van der Waals surface area contributed by atoms with Gasteiger partial charge < -0.3 is 10.2 Å². The normalized spacial score (nSPS) is 18.5. The fraction of sp³-hybridized carbons (Fsp3) is 0.533. The summed E-state index contributed by atoms with van der Waals surface area (Å²) in [6.07, 6.45) is 1.89. The molecule has 0 spiro atoms. The Balaban J connectivity index is 1.86. The van der Waals surface area contributed by atoms with Gasteiger partial charge in [0.25, 0.3) is 0 Å². The number of nitrogens with zero attached hydrogens (tertiary/aromatic N) is 1. The van der Waals surface area contributed by atoms with Crippen LogP contribution in [0.1, 0.15) is 25.7 Å². The lowest BCUT2D eigenvalue weighted by molar-refractivity contribution is -0.132. The zero-order valence-electron chi connectivity index (χ0n) is 13.2. The molecule has 0 aliphatic carbocycles. The molecule has 1 heterocycles. The molecule has 6 nitrogen and oxygen atoms in total. The highest BCUT2D eigenvalue weighted by atomic mass is 32.2. The molecule has 0 radical (unpaired) electrons. The number of rotatable bonds is 6. The topological polar surface area (TPSA) is 92.5 Å². The number of likely N-dealkylation sites (tertiary alicyclic amines) is 1. The minimum Gasteiger partial charge on any atom is -0.380 e. The zero-order valence-corrected chi connectivity index (χ0v) is 14.0. The van der Waals surface area contributed by atoms with Crippen molar-refractivity contribution in [2.45, 2.75) is 31.7 Å². The monoisotopic (exact) mass is 361 g/mol. The van der Waals surface area contributed by atoms with E-state index in [1.165, 1.54) is 6.07 Å². The molecule has 1 aliphatic rings. The van der Waals surface area contributed by atoms with Crippen molar-refractivity contribution in [1.82, 2.24) is 4.90 Å². The van der Waals surface area contributed by atoms with Gasteiger partial charge in [0.15, 0.2) is 11.6 Å². The lowest BCUT2D eigenvalue weighted by Crippen LogP contribution is -2.45. The van der Waals surface area contributed by atoms with Crippen LogP contribution in [0.3, 0.4) is 0 Å². The van der Waals surface area contributed by atoms with Crippen LogP contribution in [0.15, 0.2) is 18.2 Å². The van der Waals surface area contributed by atoms with Gasteiger partial charge in [-0.25, -0.2) is 22.3 Å². The number of carbonyl (C=O) groups excluding carboxylic acids is 1. The first-order valence-electron chi connectivity index (χ1n) is 7.74. The maximum Gasteiger partial charge on any atom is 0.222 e. The summed E-state index contributed by atoms with van der Waals surface area (Å²) in [6, 6.07) is 3.52. The van der Waals surface area contributed by atoms with Crippen molar-refractivity contribution in [3.8, 4) is 0 Å². The Morgan fingerprint density at radius 1 is 1.33 bits per heavy atom. The Hall–Kier alpha value is -1.74. The number of amides is 1. The summed E-state index contributed by atoms with van der Waals surface area (Å²) in [4.78, 5) is 13.8. The predicted molar refractivity (Wildman–Crippen MR) is 86.8 cm³/mol. The third kappa shape index (κ3) is 5.72. The van der Waals surface area contributed by atoms with Gasteiger partial charge in [0.05, 0.1) is 5.75 Å². The summed E-state index contributed by atoms with van der Waals surface area (Å²) in [7, 11) is -3.56. The summed E-state index contributed by atoms with van der Waals surface area (Å²) < 4.78 is 47.9. The van der Waals surface area contributed by atoms with E-state index in [0.29, 0.717) is 18.8 Å². The number of carbonyl (C=O) groups is 1. The van der Waals surface area contributed by atoms with Gasteiger partial charge in [-0.15, -0.1) is 0 Å². The van der Waals surface area contributed by atoms with Gasteiger partial charge >= 0.3 is 0 Å². The third-order valence-corrected chi connectivity index (χ3v) is 4.74. The molecule has 0 aromatic heterocycles. The van der Waals surface area contributed by atoms with E-state index in [4.69, 9.17) is 5.14 Å². The third-order valence-electron chi connectivity index (χ3n) is 3.88. The summed E-state index contributed by atoms with van der Waals surface area (Å²) in [6.45, 7) is 1.04. The van der Waals surface area contributed by atoms with Crippen molar-refractivity contribution in [3.63, 3.8) is 0 Å². The molecule has 134 valence electrons. The molecule has 0 unspecified atom stereocenters. The van der Waals surface area contributed by atoms with Crippen molar-refractivity contribution in [1.29, 1.82) is 0 Å². The molecule has 1 aromatic rings. The number of hydrogen-bond acceptors (Lipinski definition) is 4. The Bertz CT molecular complexity index is 697. The van der Waals surface area contributed by atoms with Gasteiger partial charge in [0, 0.05) is 37.3 Å². The number of anilines is 1. The Labute approximate surface area is 140 Å². The average molecular weight is 361 g/mol. The SMILES string of the molecule is NS(=O)(=O)CCCC(=O)N1CCC[C@@H](Nc2ccc(F)c(F)c2)C1. The van der Waals surface area contributed by atoms with Gasteiger partial charge in [-0.05, 0) is 31.4 Å². The van der Waals surface area contributed by atoms with Gasteiger partial charge in [0.1, 0.15) is 0 Å². The Morgan fingerprint density at radius 3 is 2.75 bits per heavy atom. The molecule has 0 saturated carbocycles. The van der Waals surface area contributed by atoms with E-state index < -0.39 is 21.7 Å². The minimum atomic E-state index is -3.56. The van der Waals surface area contributed by atoms with Crippen molar-refractivity contribution in [2.75, 3.05) is 24.2 Å². The molecule has 2 rings (SSSR count). The molecule has 24 heavy (non-hydrogen) atoms. The first kappa shape index (κ1) is 18.6. The lowest BCUT2D eigenvalue weighted by atomic mass is 10.0. The largest absolute Gasteiger partial charge is 0.380 e. The van der Waals surface area contributed by atoms with Crippen LogP contribution < -0.4 is 10.5 Å². The van der Waals surface area contributed by atoms with E-state index in [0.717, 1.165) is 25.0 Å². The predicted octanol–water partition coefficient (Wildman–Crippen LogP) is 1.44. The number of benzene rings is 1. The van der Waals surface area contributed by atoms with Crippen LogP contribution >= 0.6 is 0 Å². The second-order valence-corrected chi connectivity index (χ2v) is 7.66. The van der Waals surface area contributed by atoms with Crippen molar-refractivity contribution in [3.05, 3.63) is 29.8 Å². The maximum atomic E-state index is 13.2. The van der Waals surface area contributed by atoms with Crippen LogP contribution in [0.4, 0.5) is 14.5 Å². The van der Waals surface area contributed by atoms with Crippen LogP contribution in [0.25, 0.3) is 0 Å². The summed E-state index contributed by atoms with van der Waals surface area (Å²) in [5, 5.41) is 8.01. The number of hydrogen-bond donors (Lipinski definition) is 2. The summed E-state index contributed by atoms with van der Waals surface area (Å²) in [5.74, 6) is -2.18. The van der Waals surface area contributed by atoms with E-state index in [2.05, 4.69) is 5.32 Å². The van der Waals surface area contributed by atoms with E-state index in [1.807, 2.05) is 0 Å². The number of nitrogens with two attached hydrogens (primary N) is 1. The van der Waals surface area contributed by atoms with Crippen LogP contribution in [0, 0.1) is 11.6 Å². The molecule has 9 heteroatoms. The highest BCUT2D eigenvalue weighted by molar-refractivity contribution is 7.89. The Kier molecular flexibility index (Phi) is 6.11. The molecule has 0 bridgehead atoms. The molecule has 1 saturated heterocycles. The molecule has 1 aliphatic heterocycles. The number of sulfonamides is 1. The van der Waals surface area contributed by atoms with Crippen LogP contribution in [0.2, 0.25) is 0 Å².